The maximum Gasteiger partial charge on any atom is 0.123 e. The number of piperidine rings is 1. The van der Waals surface area contributed by atoms with E-state index in [0.29, 0.717) is 5.92 Å². The lowest BCUT2D eigenvalue weighted by molar-refractivity contribution is 0.192. The summed E-state index contributed by atoms with van der Waals surface area (Å²) in [6.45, 7) is 2.96. The monoisotopic (exact) mass is 350 g/mol. The molecule has 0 unspecified atom stereocenters. The van der Waals surface area contributed by atoms with Crippen molar-refractivity contribution in [2.75, 3.05) is 13.1 Å². The Bertz CT molecular complexity index is 872. The van der Waals surface area contributed by atoms with Gasteiger partial charge in [-0.15, -0.1) is 0 Å². The van der Waals surface area contributed by atoms with Crippen LogP contribution in [0.3, 0.4) is 0 Å². The van der Waals surface area contributed by atoms with Gasteiger partial charge in [-0.1, -0.05) is 6.07 Å². The number of aryl methyl sites for hydroxylation is 1. The van der Waals surface area contributed by atoms with Crippen molar-refractivity contribution in [2.45, 2.75) is 25.3 Å². The van der Waals surface area contributed by atoms with Crippen molar-refractivity contribution in [1.82, 2.24) is 19.4 Å². The summed E-state index contributed by atoms with van der Waals surface area (Å²) in [6, 6.07) is 12.7. The van der Waals surface area contributed by atoms with E-state index in [1.165, 1.54) is 12.1 Å². The average molecular weight is 350 g/mol. The zero-order chi connectivity index (χ0) is 17.9. The van der Waals surface area contributed by atoms with Crippen LogP contribution in [0.5, 0.6) is 0 Å². The second-order valence-corrected chi connectivity index (χ2v) is 6.98. The Labute approximate surface area is 153 Å². The molecule has 5 heteroatoms. The molecule has 3 aromatic rings. The van der Waals surface area contributed by atoms with Gasteiger partial charge in [-0.25, -0.2) is 9.37 Å². The topological polar surface area (TPSA) is 34.0 Å². The molecule has 4 nitrogen and oxygen atoms in total. The zero-order valence-corrected chi connectivity index (χ0v) is 15.0. The molecule has 4 rings (SSSR count). The molecule has 0 spiro atoms. The smallest absolute Gasteiger partial charge is 0.123 e. The van der Waals surface area contributed by atoms with Crippen molar-refractivity contribution >= 4 is 0 Å². The number of rotatable bonds is 4. The lowest BCUT2D eigenvalue weighted by Gasteiger charge is -2.32. The third kappa shape index (κ3) is 3.68. The van der Waals surface area contributed by atoms with Gasteiger partial charge in [-0.2, -0.15) is 0 Å². The molecular formula is C21H23FN4. The molecule has 3 heterocycles. The van der Waals surface area contributed by atoms with Crippen molar-refractivity contribution < 1.29 is 4.39 Å². The molecule has 26 heavy (non-hydrogen) atoms. The molecule has 1 fully saturated rings. The first kappa shape index (κ1) is 16.9. The number of nitrogens with zero attached hydrogens (tertiary/aromatic N) is 4. The predicted molar refractivity (Wildman–Crippen MR) is 100 cm³/mol. The van der Waals surface area contributed by atoms with Gasteiger partial charge < -0.3 is 4.57 Å². The molecule has 0 amide bonds. The third-order valence-corrected chi connectivity index (χ3v) is 5.12. The van der Waals surface area contributed by atoms with Gasteiger partial charge in [0.25, 0.3) is 0 Å². The minimum Gasteiger partial charge on any atom is -0.337 e. The Morgan fingerprint density at radius 1 is 1.15 bits per heavy atom. The number of aromatic nitrogens is 3. The van der Waals surface area contributed by atoms with E-state index in [1.807, 2.05) is 25.5 Å². The highest BCUT2D eigenvalue weighted by atomic mass is 19.1. The average Bonchev–Trinajstić information content (AvgIpc) is 3.07. The van der Waals surface area contributed by atoms with Gasteiger partial charge in [0.05, 0.1) is 12.2 Å². The van der Waals surface area contributed by atoms with Crippen LogP contribution >= 0.6 is 0 Å². The standard InChI is InChI=1S/C21H23FN4/c1-25-13-11-23-21(25)15-26-12-3-4-17(14-26)20-6-2-5-19(24-20)16-7-9-18(22)10-8-16/h2,5-11,13,17H,3-4,12,14-15H2,1H3/t17-/m0/s1. The van der Waals surface area contributed by atoms with Crippen LogP contribution in [0.15, 0.2) is 54.9 Å². The molecule has 0 N–H and O–H groups in total. The van der Waals surface area contributed by atoms with E-state index < -0.39 is 0 Å². The van der Waals surface area contributed by atoms with Crippen molar-refractivity contribution in [3.8, 4) is 11.3 Å². The van der Waals surface area contributed by atoms with Crippen molar-refractivity contribution in [2.24, 2.45) is 7.05 Å². The Morgan fingerprint density at radius 2 is 2.00 bits per heavy atom. The molecule has 0 aliphatic carbocycles. The number of benzene rings is 1. The minimum atomic E-state index is -0.220. The molecule has 2 aromatic heterocycles. The minimum absolute atomic E-state index is 0.220. The molecule has 0 radical (unpaired) electrons. The molecule has 134 valence electrons. The summed E-state index contributed by atoms with van der Waals surface area (Å²) in [5.41, 5.74) is 2.98. The van der Waals surface area contributed by atoms with E-state index in [2.05, 4.69) is 26.6 Å². The van der Waals surface area contributed by atoms with E-state index in [9.17, 15) is 4.39 Å². The molecule has 1 aliphatic heterocycles. The zero-order valence-electron chi connectivity index (χ0n) is 15.0. The predicted octanol–water partition coefficient (Wildman–Crippen LogP) is 4.00. The van der Waals surface area contributed by atoms with Gasteiger partial charge in [-0.05, 0) is 55.8 Å². The highest BCUT2D eigenvalue weighted by Crippen LogP contribution is 2.28. The van der Waals surface area contributed by atoms with Crippen LogP contribution in [0.2, 0.25) is 0 Å². The lowest BCUT2D eigenvalue weighted by Crippen LogP contribution is -2.34. The highest BCUT2D eigenvalue weighted by Gasteiger charge is 2.23. The van der Waals surface area contributed by atoms with Crippen molar-refractivity contribution in [3.05, 3.63) is 72.2 Å². The molecule has 0 bridgehead atoms. The second-order valence-electron chi connectivity index (χ2n) is 6.98. The van der Waals surface area contributed by atoms with Gasteiger partial charge >= 0.3 is 0 Å². The molecular weight excluding hydrogens is 327 g/mol. The van der Waals surface area contributed by atoms with Crippen molar-refractivity contribution in [1.29, 1.82) is 0 Å². The normalized spacial score (nSPS) is 18.2. The lowest BCUT2D eigenvalue weighted by atomic mass is 9.94. The quantitative estimate of drug-likeness (QED) is 0.713. The van der Waals surface area contributed by atoms with Gasteiger partial charge in [0.15, 0.2) is 0 Å². The van der Waals surface area contributed by atoms with Crippen LogP contribution in [-0.4, -0.2) is 32.5 Å². The molecule has 1 saturated heterocycles. The summed E-state index contributed by atoms with van der Waals surface area (Å²) in [5, 5.41) is 0. The maximum atomic E-state index is 13.2. The number of pyridine rings is 1. The summed E-state index contributed by atoms with van der Waals surface area (Å²) in [7, 11) is 2.04. The largest absolute Gasteiger partial charge is 0.337 e. The Kier molecular flexibility index (Phi) is 4.80. The summed E-state index contributed by atoms with van der Waals surface area (Å²) in [5.74, 6) is 1.30. The van der Waals surface area contributed by atoms with Crippen LogP contribution in [0.4, 0.5) is 4.39 Å². The second kappa shape index (κ2) is 7.38. The van der Waals surface area contributed by atoms with E-state index in [1.54, 1.807) is 12.1 Å². The number of hydrogen-bond donors (Lipinski definition) is 0. The fraction of sp³-hybridized carbons (Fsp3) is 0.333. The summed E-state index contributed by atoms with van der Waals surface area (Å²) in [4.78, 5) is 11.8. The molecule has 0 saturated carbocycles. The number of hydrogen-bond acceptors (Lipinski definition) is 3. The number of imidazole rings is 1. The number of halogens is 1. The Hall–Kier alpha value is -2.53. The molecule has 1 aliphatic rings. The van der Waals surface area contributed by atoms with E-state index >= 15 is 0 Å². The Morgan fingerprint density at radius 3 is 2.77 bits per heavy atom. The van der Waals surface area contributed by atoms with Crippen LogP contribution in [-0.2, 0) is 13.6 Å². The van der Waals surface area contributed by atoms with Gasteiger partial charge in [0, 0.05) is 43.2 Å². The number of likely N-dealkylation sites (tertiary alicyclic amines) is 1. The molecule has 1 aromatic carbocycles. The first-order valence-electron chi connectivity index (χ1n) is 9.10. The van der Waals surface area contributed by atoms with E-state index in [-0.39, 0.29) is 5.82 Å². The SMILES string of the molecule is Cn1ccnc1CN1CCC[C@H](c2cccc(-c3ccc(F)cc3)n2)C1. The van der Waals surface area contributed by atoms with Crippen LogP contribution < -0.4 is 0 Å². The highest BCUT2D eigenvalue weighted by molar-refractivity contribution is 5.59. The molecule has 1 atom stereocenters. The Balaban J connectivity index is 1.51. The van der Waals surface area contributed by atoms with Gasteiger partial charge in [-0.3, -0.25) is 9.88 Å². The van der Waals surface area contributed by atoms with E-state index in [0.717, 1.165) is 55.3 Å². The van der Waals surface area contributed by atoms with Crippen molar-refractivity contribution in [3.63, 3.8) is 0 Å². The summed E-state index contributed by atoms with van der Waals surface area (Å²) >= 11 is 0. The fourth-order valence-corrected chi connectivity index (χ4v) is 3.65. The van der Waals surface area contributed by atoms with E-state index in [4.69, 9.17) is 4.98 Å². The first-order valence-corrected chi connectivity index (χ1v) is 9.10. The van der Waals surface area contributed by atoms with Gasteiger partial charge in [0.2, 0.25) is 0 Å². The van der Waals surface area contributed by atoms with Crippen LogP contribution in [0.25, 0.3) is 11.3 Å². The van der Waals surface area contributed by atoms with Crippen LogP contribution in [0.1, 0.15) is 30.3 Å². The maximum absolute atomic E-state index is 13.2. The fourth-order valence-electron chi connectivity index (χ4n) is 3.65. The van der Waals surface area contributed by atoms with Crippen LogP contribution in [0, 0.1) is 5.82 Å². The summed E-state index contributed by atoms with van der Waals surface area (Å²) < 4.78 is 15.2. The first-order chi connectivity index (χ1) is 12.7. The third-order valence-electron chi connectivity index (χ3n) is 5.12. The summed E-state index contributed by atoms with van der Waals surface area (Å²) in [6.07, 6.45) is 6.16. The van der Waals surface area contributed by atoms with Gasteiger partial charge in [0.1, 0.15) is 11.6 Å².